The minimum atomic E-state index is 0.589. The number of nitrogens with zero attached hydrogens (tertiary/aromatic N) is 10. The van der Waals surface area contributed by atoms with Crippen molar-refractivity contribution in [1.82, 2.24) is 29.7 Å². The summed E-state index contributed by atoms with van der Waals surface area (Å²) < 4.78 is 10.2. The van der Waals surface area contributed by atoms with Crippen molar-refractivity contribution < 1.29 is 4.74 Å². The SMILES string of the molecule is COc1cc(N2CCC(N3CCN(C)CC3)CC2)c(C)cc1N(C)c1ncc(C)c(N(I)c2ccc3nccnc3c2N(C)SC)n1. The average molecular weight is 769 g/mol. The zero-order valence-corrected chi connectivity index (χ0v) is 31.4. The molecule has 0 bridgehead atoms. The molecule has 0 atom stereocenters. The third-order valence-corrected chi connectivity index (χ3v) is 11.2. The average Bonchev–Trinajstić information content (AvgIpc) is 3.10. The summed E-state index contributed by atoms with van der Waals surface area (Å²) in [5.41, 5.74) is 8.00. The van der Waals surface area contributed by atoms with E-state index in [1.165, 1.54) is 50.3 Å². The second-order valence-corrected chi connectivity index (χ2v) is 14.3. The smallest absolute Gasteiger partial charge is 0.231 e. The van der Waals surface area contributed by atoms with Crippen molar-refractivity contribution in [3.63, 3.8) is 0 Å². The number of hydrogen-bond donors (Lipinski definition) is 0. The zero-order valence-electron chi connectivity index (χ0n) is 28.4. The molecule has 2 aromatic heterocycles. The van der Waals surface area contributed by atoms with Crippen molar-refractivity contribution >= 4 is 80.4 Å². The van der Waals surface area contributed by atoms with Crippen molar-refractivity contribution in [3.05, 3.63) is 54.0 Å². The van der Waals surface area contributed by atoms with Crippen molar-refractivity contribution in [3.8, 4) is 5.75 Å². The topological polar surface area (TPSA) is 80.2 Å². The molecule has 2 aliphatic rings. The fourth-order valence-corrected chi connectivity index (χ4v) is 7.91. The highest BCUT2D eigenvalue weighted by Gasteiger charge is 2.28. The van der Waals surface area contributed by atoms with Crippen molar-refractivity contribution in [1.29, 1.82) is 0 Å². The normalized spacial score (nSPS) is 16.5. The number of aromatic nitrogens is 4. The van der Waals surface area contributed by atoms with E-state index in [0.29, 0.717) is 12.0 Å². The molecule has 0 spiro atoms. The Hall–Kier alpha value is -3.14. The summed E-state index contributed by atoms with van der Waals surface area (Å²) in [6.07, 6.45) is 9.79. The van der Waals surface area contributed by atoms with Crippen LogP contribution in [0.3, 0.4) is 0 Å². The van der Waals surface area contributed by atoms with Gasteiger partial charge in [0.25, 0.3) is 0 Å². The van der Waals surface area contributed by atoms with Crippen molar-refractivity contribution in [2.24, 2.45) is 0 Å². The van der Waals surface area contributed by atoms with E-state index in [1.807, 2.05) is 38.2 Å². The van der Waals surface area contributed by atoms with Gasteiger partial charge in [0.15, 0.2) is 5.82 Å². The van der Waals surface area contributed by atoms with Crippen LogP contribution in [0.1, 0.15) is 24.0 Å². The van der Waals surface area contributed by atoms with Gasteiger partial charge in [-0.3, -0.25) is 18.0 Å². The molecule has 13 heteroatoms. The molecular weight excluding hydrogens is 723 g/mol. The van der Waals surface area contributed by atoms with Crippen LogP contribution in [0.25, 0.3) is 11.0 Å². The number of hydrogen-bond acceptors (Lipinski definition) is 12. The minimum absolute atomic E-state index is 0.589. The summed E-state index contributed by atoms with van der Waals surface area (Å²) in [4.78, 5) is 28.8. The molecule has 2 aliphatic heterocycles. The Morgan fingerprint density at radius 2 is 1.64 bits per heavy atom. The highest BCUT2D eigenvalue weighted by atomic mass is 127. The van der Waals surface area contributed by atoms with E-state index in [9.17, 15) is 0 Å². The molecule has 4 aromatic rings. The highest BCUT2D eigenvalue weighted by Crippen LogP contribution is 2.43. The van der Waals surface area contributed by atoms with Gasteiger partial charge in [0.2, 0.25) is 5.95 Å². The molecule has 0 unspecified atom stereocenters. The number of anilines is 6. The number of benzene rings is 2. The molecule has 0 aliphatic carbocycles. The van der Waals surface area contributed by atoms with E-state index in [4.69, 9.17) is 14.7 Å². The van der Waals surface area contributed by atoms with E-state index < -0.39 is 0 Å². The molecule has 0 amide bonds. The Balaban J connectivity index is 1.26. The maximum atomic E-state index is 6.00. The predicted octanol–water partition coefficient (Wildman–Crippen LogP) is 6.23. The Morgan fingerprint density at radius 3 is 2.34 bits per heavy atom. The van der Waals surface area contributed by atoms with Gasteiger partial charge in [0.05, 0.1) is 52.6 Å². The largest absolute Gasteiger partial charge is 0.494 e. The molecule has 4 heterocycles. The van der Waals surface area contributed by atoms with Gasteiger partial charge in [-0.25, -0.2) is 4.98 Å². The Kier molecular flexibility index (Phi) is 10.4. The molecule has 0 N–H and O–H groups in total. The molecule has 2 fully saturated rings. The molecule has 6 rings (SSSR count). The van der Waals surface area contributed by atoms with Gasteiger partial charge in [0, 0.05) is 102 Å². The van der Waals surface area contributed by atoms with Crippen LogP contribution < -0.4 is 22.0 Å². The summed E-state index contributed by atoms with van der Waals surface area (Å²) >= 11 is 3.96. The summed E-state index contributed by atoms with van der Waals surface area (Å²) in [5, 5.41) is 0. The number of likely N-dealkylation sites (N-methyl/N-ethyl adjacent to an activating group) is 1. The second-order valence-electron chi connectivity index (χ2n) is 12.4. The van der Waals surface area contributed by atoms with Crippen LogP contribution in [-0.4, -0.2) is 110 Å². The first kappa shape index (κ1) is 33.7. The standard InChI is InChI=1S/C34H45IN10OS/c1-23-20-29(30(46-6)21-28(23)44-14-10-25(11-15-44)43-18-16-40(3)17-19-43)41(4)34-38-22-24(2)33(39-34)45(35)27-9-8-26-31(37-13-12-36-26)32(27)42(5)47-7/h8-9,12-13,20-22,25H,10-11,14-19H2,1-7H3. The summed E-state index contributed by atoms with van der Waals surface area (Å²) in [5.74, 6) is 2.20. The van der Waals surface area contributed by atoms with Crippen LogP contribution in [0, 0.1) is 13.8 Å². The van der Waals surface area contributed by atoms with Crippen LogP contribution in [0.4, 0.5) is 34.5 Å². The van der Waals surface area contributed by atoms with Gasteiger partial charge in [-0.2, -0.15) is 4.98 Å². The molecule has 47 heavy (non-hydrogen) atoms. The predicted molar refractivity (Wildman–Crippen MR) is 204 cm³/mol. The lowest BCUT2D eigenvalue weighted by atomic mass is 10.0. The highest BCUT2D eigenvalue weighted by molar-refractivity contribution is 14.1. The maximum Gasteiger partial charge on any atom is 0.231 e. The molecule has 0 saturated carbocycles. The third kappa shape index (κ3) is 6.90. The van der Waals surface area contributed by atoms with E-state index in [-0.39, 0.29) is 0 Å². The number of piperidine rings is 1. The number of fused-ring (bicyclic) bond motifs is 1. The van der Waals surface area contributed by atoms with Gasteiger partial charge in [0.1, 0.15) is 11.3 Å². The first-order valence-corrected chi connectivity index (χ1v) is 18.3. The number of aryl methyl sites for hydroxylation is 2. The molecule has 250 valence electrons. The van der Waals surface area contributed by atoms with Crippen molar-refractivity contribution in [2.45, 2.75) is 32.7 Å². The zero-order chi connectivity index (χ0) is 33.2. The van der Waals surface area contributed by atoms with Gasteiger partial charge >= 0.3 is 0 Å². The summed E-state index contributed by atoms with van der Waals surface area (Å²) in [6, 6.07) is 9.17. The number of methoxy groups -OCH3 is 1. The number of piperazine rings is 1. The Morgan fingerprint density at radius 1 is 0.915 bits per heavy atom. The number of ether oxygens (including phenoxy) is 1. The van der Waals surface area contributed by atoms with Crippen LogP contribution >= 0.6 is 34.8 Å². The minimum Gasteiger partial charge on any atom is -0.494 e. The van der Waals surface area contributed by atoms with Gasteiger partial charge in [-0.15, -0.1) is 0 Å². The fraction of sp³-hybridized carbons (Fsp3) is 0.471. The fourth-order valence-electron chi connectivity index (χ4n) is 6.67. The monoisotopic (exact) mass is 768 g/mol. The van der Waals surface area contributed by atoms with E-state index in [1.54, 1.807) is 31.5 Å². The first-order valence-electron chi connectivity index (χ1n) is 16.1. The van der Waals surface area contributed by atoms with E-state index in [2.05, 4.69) is 93.4 Å². The Bertz CT molecular complexity index is 1710. The first-order chi connectivity index (χ1) is 22.7. The molecule has 2 saturated heterocycles. The van der Waals surface area contributed by atoms with E-state index in [0.717, 1.165) is 58.3 Å². The summed E-state index contributed by atoms with van der Waals surface area (Å²) in [6.45, 7) is 11.0. The van der Waals surface area contributed by atoms with Gasteiger partial charge in [-0.05, 0) is 57.5 Å². The van der Waals surface area contributed by atoms with Crippen LogP contribution in [-0.2, 0) is 0 Å². The second kappa shape index (κ2) is 14.5. The lowest BCUT2D eigenvalue weighted by molar-refractivity contribution is 0.0982. The molecular formula is C34H45IN10OS. The molecule has 0 radical (unpaired) electrons. The maximum absolute atomic E-state index is 6.00. The molecule has 11 nitrogen and oxygen atoms in total. The van der Waals surface area contributed by atoms with E-state index >= 15 is 0 Å². The lowest BCUT2D eigenvalue weighted by Gasteiger charge is -2.43. The van der Waals surface area contributed by atoms with Crippen LogP contribution in [0.15, 0.2) is 42.9 Å². The van der Waals surface area contributed by atoms with Crippen molar-refractivity contribution in [2.75, 3.05) is 91.0 Å². The quantitative estimate of drug-likeness (QED) is 0.110. The third-order valence-electron chi connectivity index (χ3n) is 9.53. The number of halogens is 1. The van der Waals surface area contributed by atoms with Gasteiger partial charge in [-0.1, -0.05) is 11.9 Å². The van der Waals surface area contributed by atoms with Crippen LogP contribution in [0.2, 0.25) is 0 Å². The van der Waals surface area contributed by atoms with Crippen LogP contribution in [0.5, 0.6) is 5.75 Å². The Labute approximate surface area is 296 Å². The lowest BCUT2D eigenvalue weighted by Crippen LogP contribution is -2.52. The van der Waals surface area contributed by atoms with Gasteiger partial charge < -0.3 is 23.7 Å². The number of rotatable bonds is 9. The molecule has 2 aromatic carbocycles. The summed E-state index contributed by atoms with van der Waals surface area (Å²) in [7, 11) is 8.01.